The molecule has 2 heterocycles. The number of carbonyl (C=O) groups is 1. The molecule has 9 heteroatoms. The maximum Gasteiger partial charge on any atom is 0.264 e. The number of anilines is 1. The second kappa shape index (κ2) is 11.8. The summed E-state index contributed by atoms with van der Waals surface area (Å²) in [4.78, 5) is 15.7. The van der Waals surface area contributed by atoms with E-state index < -0.39 is 15.9 Å². The van der Waals surface area contributed by atoms with Crippen LogP contribution in [0.2, 0.25) is 5.02 Å². The first-order valence-electron chi connectivity index (χ1n) is 15.6. The molecule has 2 aromatic carbocycles. The van der Waals surface area contributed by atoms with E-state index in [2.05, 4.69) is 34.8 Å². The number of allylic oxidation sites excluding steroid dienone is 1. The molecule has 0 saturated heterocycles. The minimum Gasteiger partial charge on any atom is -0.490 e. The molecule has 1 saturated carbocycles. The van der Waals surface area contributed by atoms with E-state index in [-0.39, 0.29) is 29.1 Å². The van der Waals surface area contributed by atoms with Gasteiger partial charge >= 0.3 is 0 Å². The summed E-state index contributed by atoms with van der Waals surface area (Å²) in [5.74, 6) is 0.554. The number of ether oxygens (including phenoxy) is 2. The zero-order valence-electron chi connectivity index (χ0n) is 25.6. The molecule has 7 nitrogen and oxygen atoms in total. The zero-order chi connectivity index (χ0) is 30.5. The first-order chi connectivity index (χ1) is 20.5. The number of nitrogens with zero attached hydrogens (tertiary/aromatic N) is 1. The minimum absolute atomic E-state index is 0.00383. The molecule has 2 bridgehead atoms. The number of sulfonamides is 1. The van der Waals surface area contributed by atoms with Gasteiger partial charge in [0.1, 0.15) is 5.75 Å². The topological polar surface area (TPSA) is 84.9 Å². The van der Waals surface area contributed by atoms with Crippen molar-refractivity contribution in [3.05, 3.63) is 69.8 Å². The molecule has 2 aromatic rings. The molecule has 43 heavy (non-hydrogen) atoms. The lowest BCUT2D eigenvalue weighted by Gasteiger charge is -2.46. The second-order valence-corrected chi connectivity index (χ2v) is 15.6. The number of halogens is 1. The highest BCUT2D eigenvalue weighted by molar-refractivity contribution is 7.90. The van der Waals surface area contributed by atoms with Crippen molar-refractivity contribution in [2.24, 2.45) is 23.7 Å². The Labute approximate surface area is 261 Å². The van der Waals surface area contributed by atoms with E-state index in [9.17, 15) is 13.2 Å². The number of hydrogen-bond acceptors (Lipinski definition) is 6. The SMILES string of the molecule is CO[C@H]1/C(C)=C/C(C)[C@H](C)CS(=O)(=O)NC(=O)c2ccc3c(c2)N(C[C@@H]2CC[C@H]21)C[C@@]1(CCCc2cc(Cl)ccc21)CO3. The van der Waals surface area contributed by atoms with Gasteiger partial charge in [0.25, 0.3) is 5.91 Å². The van der Waals surface area contributed by atoms with Crippen molar-refractivity contribution < 1.29 is 22.7 Å². The van der Waals surface area contributed by atoms with Gasteiger partial charge in [-0.2, -0.15) is 0 Å². The van der Waals surface area contributed by atoms with Crippen LogP contribution in [0.25, 0.3) is 0 Å². The minimum atomic E-state index is -3.85. The Morgan fingerprint density at radius 2 is 1.95 bits per heavy atom. The molecule has 1 fully saturated rings. The van der Waals surface area contributed by atoms with Crippen molar-refractivity contribution in [3.63, 3.8) is 0 Å². The number of nitrogens with one attached hydrogen (secondary N) is 1. The molecule has 2 aliphatic carbocycles. The van der Waals surface area contributed by atoms with E-state index in [1.54, 1.807) is 13.2 Å². The lowest BCUT2D eigenvalue weighted by atomic mass is 9.67. The van der Waals surface area contributed by atoms with Crippen molar-refractivity contribution in [1.29, 1.82) is 0 Å². The molecule has 6 rings (SSSR count). The molecular weight excluding hydrogens is 584 g/mol. The van der Waals surface area contributed by atoms with Gasteiger partial charge in [-0.1, -0.05) is 37.6 Å². The molecule has 0 aromatic heterocycles. The summed E-state index contributed by atoms with van der Waals surface area (Å²) in [7, 11) is -2.07. The smallest absolute Gasteiger partial charge is 0.264 e. The molecule has 1 amide bonds. The molecule has 4 aliphatic rings. The predicted octanol–water partition coefficient (Wildman–Crippen LogP) is 6.15. The third-order valence-corrected chi connectivity index (χ3v) is 12.2. The van der Waals surface area contributed by atoms with E-state index in [1.165, 1.54) is 11.1 Å². The van der Waals surface area contributed by atoms with Crippen LogP contribution in [0.1, 0.15) is 67.9 Å². The highest BCUT2D eigenvalue weighted by Crippen LogP contribution is 2.47. The predicted molar refractivity (Wildman–Crippen MR) is 171 cm³/mol. The fraction of sp³-hybridized carbons (Fsp3) is 0.559. The van der Waals surface area contributed by atoms with Crippen LogP contribution < -0.4 is 14.4 Å². The average molecular weight is 627 g/mol. The maximum absolute atomic E-state index is 13.3. The Morgan fingerprint density at radius 3 is 2.70 bits per heavy atom. The van der Waals surface area contributed by atoms with Crippen LogP contribution >= 0.6 is 11.6 Å². The van der Waals surface area contributed by atoms with Crippen LogP contribution in [0.5, 0.6) is 5.75 Å². The van der Waals surface area contributed by atoms with Gasteiger partial charge in [0.15, 0.2) is 0 Å². The Morgan fingerprint density at radius 1 is 1.14 bits per heavy atom. The Bertz CT molecular complexity index is 1540. The van der Waals surface area contributed by atoms with Gasteiger partial charge in [-0.05, 0) is 110 Å². The standard InChI is InChI=1S/C34H43ClN2O5S/c1-21-14-22(2)32(41-4)28-10-7-26(28)17-37-19-34(13-5-6-24-15-27(35)9-11-29(24)34)20-42-31-12-8-25(16-30(31)37)33(38)36-43(39,40)18-23(21)3/h8-9,11-12,14-16,21,23,26,28,32H,5-7,10,13,17-20H2,1-4H3,(H,36,38)/b22-14+/t21?,23-,26+,28-,32+,34+/m1/s1. The summed E-state index contributed by atoms with van der Waals surface area (Å²) in [6.45, 7) is 8.12. The summed E-state index contributed by atoms with van der Waals surface area (Å²) < 4.78 is 41.2. The number of fused-ring (bicyclic) bond motifs is 4. The van der Waals surface area contributed by atoms with E-state index >= 15 is 0 Å². The first-order valence-corrected chi connectivity index (χ1v) is 17.6. The highest BCUT2D eigenvalue weighted by Gasteiger charge is 2.45. The van der Waals surface area contributed by atoms with Gasteiger partial charge in [0.05, 0.1) is 24.2 Å². The molecule has 0 radical (unpaired) electrons. The lowest BCUT2D eigenvalue weighted by Crippen LogP contribution is -2.50. The van der Waals surface area contributed by atoms with Crippen LogP contribution in [-0.4, -0.2) is 53.0 Å². The van der Waals surface area contributed by atoms with Crippen molar-refractivity contribution in [2.45, 2.75) is 64.4 Å². The first kappa shape index (κ1) is 30.5. The third kappa shape index (κ3) is 5.95. The fourth-order valence-corrected chi connectivity index (χ4v) is 9.54. The van der Waals surface area contributed by atoms with Crippen LogP contribution in [0, 0.1) is 23.7 Å². The number of benzene rings is 2. The van der Waals surface area contributed by atoms with Crippen LogP contribution in [-0.2, 0) is 26.6 Å². The molecule has 1 N–H and O–H groups in total. The van der Waals surface area contributed by atoms with Gasteiger partial charge in [0.2, 0.25) is 10.0 Å². The summed E-state index contributed by atoms with van der Waals surface area (Å²) in [5, 5.41) is 0.749. The summed E-state index contributed by atoms with van der Waals surface area (Å²) in [6.07, 6.45) is 7.35. The Hall–Kier alpha value is -2.55. The average Bonchev–Trinajstić information content (AvgIpc) is 3.09. The van der Waals surface area contributed by atoms with Crippen LogP contribution in [0.15, 0.2) is 48.0 Å². The fourth-order valence-electron chi connectivity index (χ4n) is 7.87. The monoisotopic (exact) mass is 626 g/mol. The summed E-state index contributed by atoms with van der Waals surface area (Å²) in [5.41, 5.74) is 4.62. The molecule has 1 spiro atoms. The molecule has 6 atom stereocenters. The van der Waals surface area contributed by atoms with E-state index in [1.807, 2.05) is 32.0 Å². The normalized spacial score (nSPS) is 33.5. The van der Waals surface area contributed by atoms with Crippen molar-refractivity contribution in [2.75, 3.05) is 37.5 Å². The van der Waals surface area contributed by atoms with Gasteiger partial charge in [-0.25, -0.2) is 13.1 Å². The number of carbonyl (C=O) groups excluding carboxylic acids is 1. The summed E-state index contributed by atoms with van der Waals surface area (Å²) >= 11 is 6.42. The second-order valence-electron chi connectivity index (χ2n) is 13.4. The number of methoxy groups -OCH3 is 1. The molecule has 232 valence electrons. The van der Waals surface area contributed by atoms with Gasteiger partial charge in [-0.3, -0.25) is 4.79 Å². The highest BCUT2D eigenvalue weighted by atomic mass is 35.5. The van der Waals surface area contributed by atoms with E-state index in [4.69, 9.17) is 21.1 Å². The Kier molecular flexibility index (Phi) is 8.33. The van der Waals surface area contributed by atoms with Crippen molar-refractivity contribution in [1.82, 2.24) is 4.72 Å². The lowest BCUT2D eigenvalue weighted by molar-refractivity contribution is 0.00594. The molecular formula is C34H43ClN2O5S. The number of hydrogen-bond donors (Lipinski definition) is 1. The largest absolute Gasteiger partial charge is 0.490 e. The van der Waals surface area contributed by atoms with Crippen molar-refractivity contribution in [3.8, 4) is 5.75 Å². The van der Waals surface area contributed by atoms with E-state index in [0.29, 0.717) is 24.0 Å². The van der Waals surface area contributed by atoms with Crippen LogP contribution in [0.3, 0.4) is 0 Å². The van der Waals surface area contributed by atoms with Gasteiger partial charge < -0.3 is 14.4 Å². The Balaban J connectivity index is 1.44. The van der Waals surface area contributed by atoms with Crippen LogP contribution in [0.4, 0.5) is 5.69 Å². The van der Waals surface area contributed by atoms with Gasteiger partial charge in [0, 0.05) is 36.2 Å². The molecule has 2 aliphatic heterocycles. The zero-order valence-corrected chi connectivity index (χ0v) is 27.1. The van der Waals surface area contributed by atoms with Gasteiger partial charge in [-0.15, -0.1) is 0 Å². The van der Waals surface area contributed by atoms with E-state index in [0.717, 1.165) is 67.2 Å². The molecule has 1 unspecified atom stereocenters. The van der Waals surface area contributed by atoms with Crippen molar-refractivity contribution >= 4 is 33.2 Å². The number of amides is 1. The number of aryl methyl sites for hydroxylation is 1. The quantitative estimate of drug-likeness (QED) is 0.383. The number of rotatable bonds is 1. The maximum atomic E-state index is 13.3. The summed E-state index contributed by atoms with van der Waals surface area (Å²) in [6, 6.07) is 11.5. The third-order valence-electron chi connectivity index (χ3n) is 10.5.